The van der Waals surface area contributed by atoms with Crippen molar-refractivity contribution in [2.75, 3.05) is 13.2 Å². The molecule has 34 heavy (non-hydrogen) atoms. The summed E-state index contributed by atoms with van der Waals surface area (Å²) in [6.45, 7) is 7.36. The van der Waals surface area contributed by atoms with E-state index in [1.54, 1.807) is 0 Å². The van der Waals surface area contributed by atoms with E-state index in [1.807, 2.05) is 18.2 Å². The molecule has 0 bridgehead atoms. The summed E-state index contributed by atoms with van der Waals surface area (Å²) >= 11 is 0. The van der Waals surface area contributed by atoms with Gasteiger partial charge in [0.1, 0.15) is 19.8 Å². The zero-order valence-electron chi connectivity index (χ0n) is 19.0. The van der Waals surface area contributed by atoms with Crippen LogP contribution < -0.4 is 31.9 Å². The highest BCUT2D eigenvalue weighted by atomic mass is 16.6. The molecule has 180 valence electrons. The Hall–Kier alpha value is -3.82. The minimum atomic E-state index is -0.856. The van der Waals surface area contributed by atoms with E-state index in [1.165, 1.54) is 12.2 Å². The number of carbonyl (C=O) groups is 1. The minimum absolute atomic E-state index is 0.0855. The van der Waals surface area contributed by atoms with Crippen LogP contribution in [0, 0.1) is 0 Å². The lowest BCUT2D eigenvalue weighted by Gasteiger charge is -2.32. The van der Waals surface area contributed by atoms with E-state index < -0.39 is 35.1 Å². The third kappa shape index (κ3) is 4.23. The second-order valence-electron chi connectivity index (χ2n) is 8.43. The summed E-state index contributed by atoms with van der Waals surface area (Å²) in [7, 11) is 0. The fourth-order valence-electron chi connectivity index (χ4n) is 4.64. The fourth-order valence-corrected chi connectivity index (χ4v) is 4.64. The smallest absolute Gasteiger partial charge is 0.337 e. The standard InChI is InChI=1S/C24H28N4O6/c1-3-11-26-21(30)27(12-4-2)23(32)28(22(26)31)16-20(29)25-24(9-5-6-10-24)17-7-8-18-19(15-17)34-14-13-33-18/h3-4,7-8,15H,1-2,5-6,9-14,16H2,(H,25,29). The molecule has 1 aliphatic heterocycles. The molecule has 1 aromatic carbocycles. The number of ether oxygens (including phenoxy) is 2. The van der Waals surface area contributed by atoms with Crippen LogP contribution in [-0.4, -0.2) is 32.8 Å². The first-order valence-corrected chi connectivity index (χ1v) is 11.3. The molecular weight excluding hydrogens is 440 g/mol. The van der Waals surface area contributed by atoms with Crippen molar-refractivity contribution in [3.05, 3.63) is 80.5 Å². The SMILES string of the molecule is C=CCn1c(=O)n(CC=C)c(=O)n(CC(=O)NC2(c3ccc4c(c3)OCCO4)CCCC2)c1=O. The van der Waals surface area contributed by atoms with Crippen molar-refractivity contribution in [2.24, 2.45) is 0 Å². The molecule has 1 fully saturated rings. The van der Waals surface area contributed by atoms with Crippen molar-refractivity contribution >= 4 is 5.91 Å². The number of nitrogens with one attached hydrogen (secondary N) is 1. The monoisotopic (exact) mass is 468 g/mol. The van der Waals surface area contributed by atoms with Crippen molar-refractivity contribution in [2.45, 2.75) is 50.9 Å². The van der Waals surface area contributed by atoms with Gasteiger partial charge in [0.05, 0.1) is 18.6 Å². The molecule has 2 aliphatic rings. The number of benzene rings is 1. The van der Waals surface area contributed by atoms with Gasteiger partial charge in [-0.1, -0.05) is 31.1 Å². The van der Waals surface area contributed by atoms with E-state index >= 15 is 0 Å². The maximum Gasteiger partial charge on any atom is 0.337 e. The lowest BCUT2D eigenvalue weighted by atomic mass is 9.87. The molecule has 10 heteroatoms. The molecule has 0 spiro atoms. The summed E-state index contributed by atoms with van der Waals surface area (Å²) in [5, 5.41) is 3.07. The summed E-state index contributed by atoms with van der Waals surface area (Å²) in [6.07, 6.45) is 6.03. The average Bonchev–Trinajstić information content (AvgIpc) is 3.31. The Balaban J connectivity index is 1.67. The molecule has 1 aliphatic carbocycles. The lowest BCUT2D eigenvalue weighted by Crippen LogP contribution is -2.56. The largest absolute Gasteiger partial charge is 0.486 e. The highest BCUT2D eigenvalue weighted by molar-refractivity contribution is 5.77. The molecule has 0 unspecified atom stereocenters. The maximum absolute atomic E-state index is 13.2. The van der Waals surface area contributed by atoms with Gasteiger partial charge in [0, 0.05) is 0 Å². The van der Waals surface area contributed by atoms with Gasteiger partial charge in [-0.2, -0.15) is 0 Å². The molecule has 0 saturated heterocycles. The van der Waals surface area contributed by atoms with Crippen molar-refractivity contribution in [1.29, 1.82) is 0 Å². The van der Waals surface area contributed by atoms with Crippen molar-refractivity contribution in [3.63, 3.8) is 0 Å². The fraction of sp³-hybridized carbons (Fsp3) is 0.417. The van der Waals surface area contributed by atoms with Crippen molar-refractivity contribution in [3.8, 4) is 11.5 Å². The third-order valence-corrected chi connectivity index (χ3v) is 6.24. The first-order valence-electron chi connectivity index (χ1n) is 11.3. The summed E-state index contributed by atoms with van der Waals surface area (Å²) < 4.78 is 13.8. The number of nitrogens with zero attached hydrogens (tertiary/aromatic N) is 3. The van der Waals surface area contributed by atoms with Gasteiger partial charge in [-0.25, -0.2) is 28.1 Å². The van der Waals surface area contributed by atoms with Gasteiger partial charge in [-0.05, 0) is 30.5 Å². The number of aromatic nitrogens is 3. The Morgan fingerprint density at radius 1 is 0.912 bits per heavy atom. The second kappa shape index (κ2) is 9.58. The van der Waals surface area contributed by atoms with Gasteiger partial charge in [-0.3, -0.25) is 4.79 Å². The number of rotatable bonds is 8. The van der Waals surface area contributed by atoms with E-state index in [9.17, 15) is 19.2 Å². The quantitative estimate of drug-likeness (QED) is 0.576. The number of fused-ring (bicyclic) bond motifs is 1. The molecule has 0 radical (unpaired) electrons. The molecule has 1 aromatic heterocycles. The number of hydrogen-bond donors (Lipinski definition) is 1. The van der Waals surface area contributed by atoms with E-state index in [2.05, 4.69) is 18.5 Å². The topological polar surface area (TPSA) is 114 Å². The van der Waals surface area contributed by atoms with Crippen LogP contribution in [0.25, 0.3) is 0 Å². The number of hydrogen-bond acceptors (Lipinski definition) is 6. The van der Waals surface area contributed by atoms with Gasteiger partial charge in [0.15, 0.2) is 11.5 Å². The molecule has 1 saturated carbocycles. The zero-order chi connectivity index (χ0) is 24.3. The van der Waals surface area contributed by atoms with Crippen LogP contribution in [0.3, 0.4) is 0 Å². The van der Waals surface area contributed by atoms with Crippen LogP contribution in [0.5, 0.6) is 11.5 Å². The predicted molar refractivity (Wildman–Crippen MR) is 125 cm³/mol. The van der Waals surface area contributed by atoms with E-state index in [-0.39, 0.29) is 13.1 Å². The molecular formula is C24H28N4O6. The third-order valence-electron chi connectivity index (χ3n) is 6.24. The van der Waals surface area contributed by atoms with Crippen LogP contribution in [0.2, 0.25) is 0 Å². The Morgan fingerprint density at radius 2 is 1.47 bits per heavy atom. The van der Waals surface area contributed by atoms with Crippen LogP contribution in [0.15, 0.2) is 57.9 Å². The van der Waals surface area contributed by atoms with E-state index in [4.69, 9.17) is 9.47 Å². The highest BCUT2D eigenvalue weighted by Crippen LogP contribution is 2.42. The van der Waals surface area contributed by atoms with Crippen LogP contribution in [0.1, 0.15) is 31.2 Å². The van der Waals surface area contributed by atoms with E-state index in [0.717, 1.165) is 32.1 Å². The van der Waals surface area contributed by atoms with Crippen molar-refractivity contribution in [1.82, 2.24) is 19.0 Å². The average molecular weight is 469 g/mol. The Morgan fingerprint density at radius 3 is 2.06 bits per heavy atom. The van der Waals surface area contributed by atoms with Crippen LogP contribution >= 0.6 is 0 Å². The number of allylic oxidation sites excluding steroid dienone is 2. The first kappa shape index (κ1) is 23.3. The van der Waals surface area contributed by atoms with Gasteiger partial charge in [0.2, 0.25) is 5.91 Å². The normalized spacial score (nSPS) is 16.1. The summed E-state index contributed by atoms with van der Waals surface area (Å²) in [6, 6.07) is 5.62. The summed E-state index contributed by atoms with van der Waals surface area (Å²) in [5.41, 5.74) is -2.24. The Labute approximate surface area is 195 Å². The molecule has 2 aromatic rings. The van der Waals surface area contributed by atoms with Gasteiger partial charge in [-0.15, -0.1) is 13.2 Å². The van der Waals surface area contributed by atoms with Crippen molar-refractivity contribution < 1.29 is 14.3 Å². The maximum atomic E-state index is 13.2. The van der Waals surface area contributed by atoms with Crippen LogP contribution in [-0.2, 0) is 30.0 Å². The summed E-state index contributed by atoms with van der Waals surface area (Å²) in [4.78, 5) is 51.5. The molecule has 0 atom stereocenters. The zero-order valence-corrected chi connectivity index (χ0v) is 19.0. The molecule has 1 amide bonds. The minimum Gasteiger partial charge on any atom is -0.486 e. The van der Waals surface area contributed by atoms with Crippen LogP contribution in [0.4, 0.5) is 0 Å². The first-order chi connectivity index (χ1) is 16.4. The van der Waals surface area contributed by atoms with E-state index in [0.29, 0.717) is 37.6 Å². The Bertz CT molecular complexity index is 1250. The second-order valence-corrected chi connectivity index (χ2v) is 8.43. The molecule has 2 heterocycles. The molecule has 4 rings (SSSR count). The van der Waals surface area contributed by atoms with Gasteiger partial charge >= 0.3 is 17.1 Å². The molecule has 10 nitrogen and oxygen atoms in total. The predicted octanol–water partition coefficient (Wildman–Crippen LogP) is 0.901. The molecule has 1 N–H and O–H groups in total. The number of carbonyl (C=O) groups excluding carboxylic acids is 1. The highest BCUT2D eigenvalue weighted by Gasteiger charge is 2.38. The van der Waals surface area contributed by atoms with Gasteiger partial charge in [0.25, 0.3) is 0 Å². The lowest BCUT2D eigenvalue weighted by molar-refractivity contribution is -0.123. The number of amides is 1. The Kier molecular flexibility index (Phi) is 6.58. The van der Waals surface area contributed by atoms with Gasteiger partial charge < -0.3 is 14.8 Å². The summed E-state index contributed by atoms with van der Waals surface area (Å²) in [5.74, 6) is 0.794.